The van der Waals surface area contributed by atoms with Crippen LogP contribution in [-0.2, 0) is 14.8 Å². The van der Waals surface area contributed by atoms with Crippen molar-refractivity contribution in [3.05, 3.63) is 40.7 Å². The zero-order valence-corrected chi connectivity index (χ0v) is 14.6. The fraction of sp³-hybridized carbons (Fsp3) is 0.250. The van der Waals surface area contributed by atoms with E-state index in [1.165, 1.54) is 26.2 Å². The third-order valence-corrected chi connectivity index (χ3v) is 5.11. The molecule has 1 atom stereocenters. The monoisotopic (exact) mass is 403 g/mol. The van der Waals surface area contributed by atoms with Crippen molar-refractivity contribution in [2.24, 2.45) is 10.3 Å². The predicted octanol–water partition coefficient (Wildman–Crippen LogP) is 1.61. The number of ether oxygens (including phenoxy) is 1. The van der Waals surface area contributed by atoms with Crippen molar-refractivity contribution in [3.63, 3.8) is 0 Å². The zero-order chi connectivity index (χ0) is 17.1. The highest BCUT2D eigenvalue weighted by atomic mass is 79.9. The van der Waals surface area contributed by atoms with E-state index < -0.39 is 21.7 Å². The van der Waals surface area contributed by atoms with Gasteiger partial charge < -0.3 is 10.1 Å². The van der Waals surface area contributed by atoms with Gasteiger partial charge in [0, 0.05) is 10.5 Å². The molecule has 2 amide bonds. The molecule has 1 aromatic carbocycles. The largest absolute Gasteiger partial charge is 0.481 e. The lowest BCUT2D eigenvalue weighted by molar-refractivity contribution is 0.224. The zero-order valence-electron chi connectivity index (χ0n) is 12.2. The molecule has 1 aromatic rings. The number of sulfonamides is 1. The number of carbonyl (C=O) groups excluding carboxylic acids is 1. The number of benzene rings is 1. The van der Waals surface area contributed by atoms with Gasteiger partial charge in [-0.25, -0.2) is 23.4 Å². The fourth-order valence-electron chi connectivity index (χ4n) is 1.76. The van der Waals surface area contributed by atoms with Crippen molar-refractivity contribution in [1.82, 2.24) is 15.5 Å². The summed E-state index contributed by atoms with van der Waals surface area (Å²) in [5.41, 5.74) is 1.23. The Labute approximate surface area is 141 Å². The van der Waals surface area contributed by atoms with Gasteiger partial charge in [-0.2, -0.15) is 0 Å². The van der Waals surface area contributed by atoms with Crippen molar-refractivity contribution in [2.45, 2.75) is 17.5 Å². The van der Waals surface area contributed by atoms with Crippen molar-refractivity contribution in [3.8, 4) is 0 Å². The van der Waals surface area contributed by atoms with E-state index in [0.717, 1.165) is 0 Å². The predicted molar refractivity (Wildman–Crippen MR) is 84.5 cm³/mol. The second-order valence-electron chi connectivity index (χ2n) is 4.66. The third kappa shape index (κ3) is 4.20. The maximum Gasteiger partial charge on any atom is 0.330 e. The first-order valence-corrected chi connectivity index (χ1v) is 8.58. The van der Waals surface area contributed by atoms with E-state index in [1.54, 1.807) is 18.2 Å². The number of methoxy groups -OCH3 is 1. The summed E-state index contributed by atoms with van der Waals surface area (Å²) in [6.07, 6.45) is 1.45. The first-order chi connectivity index (χ1) is 10.8. The second-order valence-corrected chi connectivity index (χ2v) is 7.17. The van der Waals surface area contributed by atoms with Crippen molar-refractivity contribution in [1.29, 1.82) is 0 Å². The summed E-state index contributed by atoms with van der Waals surface area (Å²) in [7, 11) is -2.62. The van der Waals surface area contributed by atoms with Gasteiger partial charge in [-0.3, -0.25) is 0 Å². The van der Waals surface area contributed by atoms with Gasteiger partial charge in [0.2, 0.25) is 5.88 Å². The highest BCUT2D eigenvalue weighted by molar-refractivity contribution is 9.10. The number of urea groups is 1. The summed E-state index contributed by atoms with van der Waals surface area (Å²) < 4.78 is 31.7. The van der Waals surface area contributed by atoms with Crippen molar-refractivity contribution < 1.29 is 17.9 Å². The molecule has 1 unspecified atom stereocenters. The number of amides is 2. The number of nitrogens with one attached hydrogen (secondary N) is 3. The molecule has 0 fully saturated rings. The van der Waals surface area contributed by atoms with E-state index in [2.05, 4.69) is 37.0 Å². The fourth-order valence-corrected chi connectivity index (χ4v) is 3.67. The van der Waals surface area contributed by atoms with Crippen LogP contribution in [0, 0.1) is 0 Å². The molecular formula is C12H14BrN5O4S. The van der Waals surface area contributed by atoms with Crippen molar-refractivity contribution in [2.75, 3.05) is 7.11 Å². The normalized spacial score (nSPS) is 20.2. The van der Waals surface area contributed by atoms with Crippen LogP contribution in [0.15, 0.2) is 55.9 Å². The van der Waals surface area contributed by atoms with E-state index in [0.29, 0.717) is 4.47 Å². The molecule has 0 spiro atoms. The smallest absolute Gasteiger partial charge is 0.330 e. The lowest BCUT2D eigenvalue weighted by Gasteiger charge is -2.25. The maximum absolute atomic E-state index is 12.2. The van der Waals surface area contributed by atoms with Gasteiger partial charge in [0.1, 0.15) is 4.90 Å². The SMILES string of the molecule is COC1=CC(C)(NC(=O)NS(=O)(=O)c2ccccc2Br)N=NN1. The minimum Gasteiger partial charge on any atom is -0.481 e. The molecule has 0 saturated heterocycles. The van der Waals surface area contributed by atoms with Crippen LogP contribution in [-0.4, -0.2) is 27.2 Å². The lowest BCUT2D eigenvalue weighted by atomic mass is 10.2. The molecule has 23 heavy (non-hydrogen) atoms. The average molecular weight is 404 g/mol. The van der Waals surface area contributed by atoms with E-state index >= 15 is 0 Å². The van der Waals surface area contributed by atoms with Gasteiger partial charge in [-0.15, -0.1) is 5.11 Å². The summed E-state index contributed by atoms with van der Waals surface area (Å²) in [5.74, 6) is 0.275. The standard InChI is InChI=1S/C12H14BrN5O4S/c1-12(7-10(22-2)15-18-17-12)14-11(19)16-23(20,21)9-6-4-3-5-8(9)13/h3-7H,1-2H3,(H,15,17)(H2,14,16,19). The Morgan fingerprint density at radius 3 is 2.74 bits per heavy atom. The molecule has 0 saturated carbocycles. The Bertz CT molecular complexity index is 779. The number of halogens is 1. The highest BCUT2D eigenvalue weighted by Crippen LogP contribution is 2.21. The first-order valence-electron chi connectivity index (χ1n) is 6.30. The summed E-state index contributed by atoms with van der Waals surface area (Å²) >= 11 is 3.13. The molecule has 11 heteroatoms. The molecule has 3 N–H and O–H groups in total. The number of rotatable bonds is 4. The molecule has 2 rings (SSSR count). The molecule has 0 radical (unpaired) electrons. The molecule has 124 valence electrons. The molecule has 9 nitrogen and oxygen atoms in total. The van der Waals surface area contributed by atoms with Gasteiger partial charge in [0.15, 0.2) is 5.66 Å². The van der Waals surface area contributed by atoms with Gasteiger partial charge >= 0.3 is 6.03 Å². The van der Waals surface area contributed by atoms with Crippen LogP contribution in [0.5, 0.6) is 0 Å². The van der Waals surface area contributed by atoms with E-state index in [-0.39, 0.29) is 10.8 Å². The molecule has 1 aliphatic rings. The summed E-state index contributed by atoms with van der Waals surface area (Å²) in [4.78, 5) is 11.9. The molecule has 0 aromatic heterocycles. The molecule has 1 heterocycles. The Morgan fingerprint density at radius 2 is 2.09 bits per heavy atom. The van der Waals surface area contributed by atoms with Crippen molar-refractivity contribution >= 4 is 32.0 Å². The minimum atomic E-state index is -4.04. The maximum atomic E-state index is 12.2. The molecule has 1 aliphatic heterocycles. The van der Waals surface area contributed by atoms with Crippen LogP contribution < -0.4 is 15.5 Å². The highest BCUT2D eigenvalue weighted by Gasteiger charge is 2.30. The van der Waals surface area contributed by atoms with E-state index in [1.807, 2.05) is 4.72 Å². The topological polar surface area (TPSA) is 121 Å². The minimum absolute atomic E-state index is 0.0552. The van der Waals surface area contributed by atoms with Gasteiger partial charge in [-0.1, -0.05) is 17.4 Å². The summed E-state index contributed by atoms with van der Waals surface area (Å²) in [6, 6.07) is 5.19. The van der Waals surface area contributed by atoms with E-state index in [4.69, 9.17) is 4.74 Å². The van der Waals surface area contributed by atoms with Crippen LogP contribution >= 0.6 is 15.9 Å². The van der Waals surface area contributed by atoms with Crippen LogP contribution in [0.25, 0.3) is 0 Å². The van der Waals surface area contributed by atoms with Crippen LogP contribution in [0.4, 0.5) is 4.79 Å². The molecule has 0 bridgehead atoms. The second kappa shape index (κ2) is 6.54. The summed E-state index contributed by atoms with van der Waals surface area (Å²) in [5, 5.41) is 9.79. The van der Waals surface area contributed by atoms with Gasteiger partial charge in [0.05, 0.1) is 7.11 Å². The number of carbonyl (C=O) groups is 1. The third-order valence-electron chi connectivity index (χ3n) is 2.77. The number of hydrogen-bond acceptors (Lipinski definition) is 7. The van der Waals surface area contributed by atoms with Crippen LogP contribution in [0.1, 0.15) is 6.92 Å². The Hall–Kier alpha value is -2.14. The van der Waals surface area contributed by atoms with Gasteiger partial charge in [0.25, 0.3) is 10.0 Å². The number of hydrogen-bond donors (Lipinski definition) is 3. The number of nitrogens with zero attached hydrogens (tertiary/aromatic N) is 2. The van der Waals surface area contributed by atoms with Gasteiger partial charge in [-0.05, 0) is 35.0 Å². The Morgan fingerprint density at radius 1 is 1.39 bits per heavy atom. The Kier molecular flexibility index (Phi) is 4.90. The summed E-state index contributed by atoms with van der Waals surface area (Å²) in [6.45, 7) is 1.53. The molecular weight excluding hydrogens is 390 g/mol. The van der Waals surface area contributed by atoms with Crippen LogP contribution in [0.2, 0.25) is 0 Å². The first kappa shape index (κ1) is 17.2. The van der Waals surface area contributed by atoms with Crippen LogP contribution in [0.3, 0.4) is 0 Å². The average Bonchev–Trinajstić information content (AvgIpc) is 2.46. The Balaban J connectivity index is 2.14. The lowest BCUT2D eigenvalue weighted by Crippen LogP contribution is -2.50. The quantitative estimate of drug-likeness (QED) is 0.704. The van der Waals surface area contributed by atoms with E-state index in [9.17, 15) is 13.2 Å². The molecule has 0 aliphatic carbocycles.